The van der Waals surface area contributed by atoms with Gasteiger partial charge in [0.2, 0.25) is 0 Å². The number of amides is 1. The molecule has 1 aliphatic carbocycles. The lowest BCUT2D eigenvalue weighted by molar-refractivity contribution is -0.158. The summed E-state index contributed by atoms with van der Waals surface area (Å²) in [6.45, 7) is 1.06. The molecule has 6 nitrogen and oxygen atoms in total. The number of carbonyl (C=O) groups excluding carboxylic acids is 2. The largest absolute Gasteiger partial charge is 0.465 e. The highest BCUT2D eigenvalue weighted by molar-refractivity contribution is 7.12. The number of carboxylic acid groups (broad SMARTS) is 1. The lowest BCUT2D eigenvalue weighted by atomic mass is 9.61. The maximum atomic E-state index is 11.8. The maximum absolute atomic E-state index is 11.8. The van der Waals surface area contributed by atoms with E-state index in [2.05, 4.69) is 0 Å². The molecule has 0 radical (unpaired) electrons. The fourth-order valence-corrected chi connectivity index (χ4v) is 3.93. The number of piperidine rings is 1. The van der Waals surface area contributed by atoms with Crippen LogP contribution < -0.4 is 0 Å². The molecule has 2 heterocycles. The van der Waals surface area contributed by atoms with Crippen LogP contribution >= 0.6 is 11.3 Å². The summed E-state index contributed by atoms with van der Waals surface area (Å²) in [5, 5.41) is 10.7. The smallest absolute Gasteiger partial charge is 0.407 e. The standard InChI is InChI=1S/C15H17NO5S/c17-12(11-2-1-7-22-11)13(18)21-10-8-15(9-10)3-5-16(6-4-15)14(19)20/h1-2,7,10H,3-6,8-9H2,(H,19,20). The molecule has 1 aromatic rings. The zero-order chi connectivity index (χ0) is 15.7. The highest BCUT2D eigenvalue weighted by atomic mass is 32.1. The number of ketones is 1. The van der Waals surface area contributed by atoms with Crippen molar-refractivity contribution < 1.29 is 24.2 Å². The second-order valence-corrected chi connectivity index (χ2v) is 6.96. The Bertz CT molecular complexity index is 581. The Balaban J connectivity index is 1.47. The molecular weight excluding hydrogens is 306 g/mol. The molecule has 0 unspecified atom stereocenters. The molecule has 7 heteroatoms. The van der Waals surface area contributed by atoms with Gasteiger partial charge in [-0.3, -0.25) is 4.79 Å². The van der Waals surface area contributed by atoms with Gasteiger partial charge < -0.3 is 14.7 Å². The first-order valence-electron chi connectivity index (χ1n) is 7.26. The molecule has 3 rings (SSSR count). The Hall–Kier alpha value is -1.89. The van der Waals surface area contributed by atoms with Crippen molar-refractivity contribution in [1.82, 2.24) is 4.90 Å². The van der Waals surface area contributed by atoms with Gasteiger partial charge in [0.15, 0.2) is 0 Å². The van der Waals surface area contributed by atoms with Crippen LogP contribution in [0.3, 0.4) is 0 Å². The first-order chi connectivity index (χ1) is 10.5. The number of likely N-dealkylation sites (tertiary alicyclic amines) is 1. The van der Waals surface area contributed by atoms with Gasteiger partial charge in [-0.25, -0.2) is 9.59 Å². The van der Waals surface area contributed by atoms with Gasteiger partial charge in [0.05, 0.1) is 4.88 Å². The normalized spacial score (nSPS) is 20.5. The SMILES string of the molecule is O=C(OC1CC2(CCN(C(=O)O)CC2)C1)C(=O)c1cccs1. The molecule has 1 saturated heterocycles. The van der Waals surface area contributed by atoms with Gasteiger partial charge in [-0.05, 0) is 42.5 Å². The third-order valence-electron chi connectivity index (χ3n) is 4.62. The molecule has 2 fully saturated rings. The lowest BCUT2D eigenvalue weighted by Crippen LogP contribution is -2.51. The summed E-state index contributed by atoms with van der Waals surface area (Å²) in [4.78, 5) is 36.3. The van der Waals surface area contributed by atoms with E-state index in [9.17, 15) is 14.4 Å². The number of nitrogens with zero attached hydrogens (tertiary/aromatic N) is 1. The van der Waals surface area contributed by atoms with Crippen molar-refractivity contribution in [2.45, 2.75) is 31.8 Å². The second kappa shape index (κ2) is 5.72. The number of rotatable bonds is 3. The van der Waals surface area contributed by atoms with E-state index < -0.39 is 17.8 Å². The van der Waals surface area contributed by atoms with Gasteiger partial charge in [0, 0.05) is 13.1 Å². The zero-order valence-electron chi connectivity index (χ0n) is 12.0. The molecule has 0 bridgehead atoms. The van der Waals surface area contributed by atoms with E-state index in [0.29, 0.717) is 18.0 Å². The van der Waals surface area contributed by atoms with Crippen LogP contribution in [0.25, 0.3) is 0 Å². The van der Waals surface area contributed by atoms with Crippen LogP contribution in [0.2, 0.25) is 0 Å². The fraction of sp³-hybridized carbons (Fsp3) is 0.533. The van der Waals surface area contributed by atoms with E-state index in [-0.39, 0.29) is 11.5 Å². The highest BCUT2D eigenvalue weighted by Gasteiger charge is 2.48. The van der Waals surface area contributed by atoms with E-state index in [1.807, 2.05) is 0 Å². The predicted molar refractivity (Wildman–Crippen MR) is 79.0 cm³/mol. The summed E-state index contributed by atoms with van der Waals surface area (Å²) in [5.41, 5.74) is 0.0862. The average molecular weight is 323 g/mol. The molecule has 2 aliphatic rings. The first kappa shape index (κ1) is 15.0. The summed E-state index contributed by atoms with van der Waals surface area (Å²) in [6, 6.07) is 3.33. The Morgan fingerprint density at radius 3 is 2.50 bits per heavy atom. The third kappa shape index (κ3) is 2.85. The third-order valence-corrected chi connectivity index (χ3v) is 5.49. The molecule has 1 spiro atoms. The minimum absolute atomic E-state index is 0.0862. The molecule has 22 heavy (non-hydrogen) atoms. The van der Waals surface area contributed by atoms with Gasteiger partial charge in [-0.2, -0.15) is 0 Å². The molecule has 0 atom stereocenters. The van der Waals surface area contributed by atoms with Crippen LogP contribution in [0.15, 0.2) is 17.5 Å². The minimum Gasteiger partial charge on any atom is -0.465 e. The minimum atomic E-state index is -0.876. The summed E-state index contributed by atoms with van der Waals surface area (Å²) < 4.78 is 5.26. The Labute approximate surface area is 131 Å². The Morgan fingerprint density at radius 1 is 1.27 bits per heavy atom. The molecular formula is C15H17NO5S. The maximum Gasteiger partial charge on any atom is 0.407 e. The molecule has 1 aliphatic heterocycles. The van der Waals surface area contributed by atoms with E-state index in [1.165, 1.54) is 16.2 Å². The Kier molecular flexibility index (Phi) is 3.90. The van der Waals surface area contributed by atoms with Gasteiger partial charge in [-0.1, -0.05) is 6.07 Å². The van der Waals surface area contributed by atoms with Crippen LogP contribution in [0, 0.1) is 5.41 Å². The van der Waals surface area contributed by atoms with Crippen molar-refractivity contribution in [3.63, 3.8) is 0 Å². The van der Waals surface area contributed by atoms with Crippen LogP contribution in [0.4, 0.5) is 4.79 Å². The van der Waals surface area contributed by atoms with Gasteiger partial charge in [-0.15, -0.1) is 11.3 Å². The van der Waals surface area contributed by atoms with Crippen molar-refractivity contribution in [2.24, 2.45) is 5.41 Å². The van der Waals surface area contributed by atoms with Gasteiger partial charge in [0.1, 0.15) is 6.10 Å². The predicted octanol–water partition coefficient (Wildman–Crippen LogP) is 2.40. The van der Waals surface area contributed by atoms with Crippen molar-refractivity contribution in [1.29, 1.82) is 0 Å². The van der Waals surface area contributed by atoms with Gasteiger partial charge in [0.25, 0.3) is 5.78 Å². The monoisotopic (exact) mass is 323 g/mol. The quantitative estimate of drug-likeness (QED) is 0.524. The van der Waals surface area contributed by atoms with E-state index in [4.69, 9.17) is 9.84 Å². The van der Waals surface area contributed by atoms with Crippen LogP contribution in [0.5, 0.6) is 0 Å². The number of thiophene rings is 1. The first-order valence-corrected chi connectivity index (χ1v) is 8.14. The zero-order valence-corrected chi connectivity index (χ0v) is 12.8. The van der Waals surface area contributed by atoms with Crippen molar-refractivity contribution in [3.8, 4) is 0 Å². The van der Waals surface area contributed by atoms with E-state index in [1.54, 1.807) is 17.5 Å². The van der Waals surface area contributed by atoms with Crippen LogP contribution in [-0.2, 0) is 9.53 Å². The molecule has 1 amide bonds. The van der Waals surface area contributed by atoms with Crippen LogP contribution in [0.1, 0.15) is 35.4 Å². The molecule has 0 aromatic carbocycles. The second-order valence-electron chi connectivity index (χ2n) is 6.01. The number of ether oxygens (including phenoxy) is 1. The summed E-state index contributed by atoms with van der Waals surface area (Å²) in [7, 11) is 0. The van der Waals surface area contributed by atoms with E-state index >= 15 is 0 Å². The summed E-state index contributed by atoms with van der Waals surface area (Å²) in [5.74, 6) is -1.37. The average Bonchev–Trinajstić information content (AvgIpc) is 2.99. The van der Waals surface area contributed by atoms with Crippen LogP contribution in [-0.4, -0.2) is 47.0 Å². The number of esters is 1. The molecule has 1 aromatic heterocycles. The van der Waals surface area contributed by atoms with Crippen molar-refractivity contribution >= 4 is 29.2 Å². The van der Waals surface area contributed by atoms with Gasteiger partial charge >= 0.3 is 12.1 Å². The topological polar surface area (TPSA) is 83.9 Å². The molecule has 1 saturated carbocycles. The number of carbonyl (C=O) groups is 3. The summed E-state index contributed by atoms with van der Waals surface area (Å²) >= 11 is 1.23. The highest BCUT2D eigenvalue weighted by Crippen LogP contribution is 2.50. The number of Topliss-reactive ketones (excluding diaryl/α,β-unsaturated/α-hetero) is 1. The van der Waals surface area contributed by atoms with Crippen molar-refractivity contribution in [2.75, 3.05) is 13.1 Å². The summed E-state index contributed by atoms with van der Waals surface area (Å²) in [6.07, 6.45) is 1.96. The Morgan fingerprint density at radius 2 is 1.95 bits per heavy atom. The lowest BCUT2D eigenvalue weighted by Gasteiger charge is -2.50. The fourth-order valence-electron chi connectivity index (χ4n) is 3.28. The molecule has 1 N–H and O–H groups in total. The van der Waals surface area contributed by atoms with E-state index in [0.717, 1.165) is 25.7 Å². The van der Waals surface area contributed by atoms with Crippen molar-refractivity contribution in [3.05, 3.63) is 22.4 Å². The number of hydrogen-bond acceptors (Lipinski definition) is 5. The number of hydrogen-bond donors (Lipinski definition) is 1. The molecule has 118 valence electrons.